The number of hydrogen-bond acceptors (Lipinski definition) is 2. The number of rotatable bonds is 3. The van der Waals surface area contributed by atoms with E-state index in [4.69, 9.17) is 10.2 Å². The first-order valence-electron chi connectivity index (χ1n) is 4.03. The maximum Gasteiger partial charge on any atom is 1.00 e. The minimum absolute atomic E-state index is 0. The molecule has 0 unspecified atom stereocenters. The zero-order valence-corrected chi connectivity index (χ0v) is 13.9. The minimum atomic E-state index is -1.08. The summed E-state index contributed by atoms with van der Waals surface area (Å²) in [4.78, 5) is 21.3. The van der Waals surface area contributed by atoms with Gasteiger partial charge in [0.15, 0.2) is 0 Å². The van der Waals surface area contributed by atoms with E-state index in [2.05, 4.69) is 0 Å². The zero-order chi connectivity index (χ0) is 10.9. The van der Waals surface area contributed by atoms with Crippen molar-refractivity contribution in [1.29, 1.82) is 0 Å². The number of nitrogens with zero attached hydrogens (tertiary/aromatic N) is 1. The van der Waals surface area contributed by atoms with Gasteiger partial charge in [-0.1, -0.05) is 0 Å². The summed E-state index contributed by atoms with van der Waals surface area (Å²) >= 11 is 0. The maximum atomic E-state index is 10.8. The molecule has 80 valence electrons. The molecule has 1 heterocycles. The standard InChI is InChI=1S/C9H11NO4.2Na.2H/c1-5-4-10(2)6(3-7(11)12)8(5)9(13)14;;;;/h4H,3H2,1-2H3,(H,11,12)(H,13,14);;;;/q;2*+1;2*-1. The molecular weight excluding hydrogens is 232 g/mol. The molecule has 0 aliphatic heterocycles. The molecule has 1 aromatic rings. The SMILES string of the molecule is Cc1cn(C)c(CC(=O)O)c1C(=O)O.[H-].[H-].[Na+].[Na+]. The number of carbonyl (C=O) groups is 2. The third-order valence-corrected chi connectivity index (χ3v) is 2.03. The molecule has 1 rings (SSSR count). The number of carboxylic acids is 2. The van der Waals surface area contributed by atoms with E-state index in [9.17, 15) is 9.59 Å². The summed E-state index contributed by atoms with van der Waals surface area (Å²) in [6.07, 6.45) is 1.34. The fourth-order valence-corrected chi connectivity index (χ4v) is 1.49. The molecule has 0 radical (unpaired) electrons. The molecule has 0 aliphatic rings. The Balaban J connectivity index is -0.000000245. The average molecular weight is 245 g/mol. The van der Waals surface area contributed by atoms with E-state index in [1.807, 2.05) is 0 Å². The maximum absolute atomic E-state index is 10.8. The normalized spacial score (nSPS) is 8.88. The quantitative estimate of drug-likeness (QED) is 0.522. The van der Waals surface area contributed by atoms with Crippen LogP contribution in [0.1, 0.15) is 24.5 Å². The molecule has 0 aliphatic carbocycles. The molecule has 0 spiro atoms. The van der Waals surface area contributed by atoms with E-state index in [-0.39, 0.29) is 74.0 Å². The topological polar surface area (TPSA) is 79.5 Å². The number of aliphatic carboxylic acids is 1. The van der Waals surface area contributed by atoms with Crippen molar-refractivity contribution in [3.8, 4) is 0 Å². The van der Waals surface area contributed by atoms with E-state index in [0.717, 1.165) is 0 Å². The Labute approximate surface area is 140 Å². The van der Waals surface area contributed by atoms with Gasteiger partial charge in [-0.25, -0.2) is 4.79 Å². The van der Waals surface area contributed by atoms with Crippen LogP contribution >= 0.6 is 0 Å². The van der Waals surface area contributed by atoms with Crippen LogP contribution in [-0.4, -0.2) is 26.7 Å². The second-order valence-corrected chi connectivity index (χ2v) is 3.12. The number of aromatic nitrogens is 1. The zero-order valence-electron chi connectivity index (χ0n) is 11.9. The van der Waals surface area contributed by atoms with E-state index in [0.29, 0.717) is 11.3 Å². The molecule has 1 aromatic heterocycles. The van der Waals surface area contributed by atoms with Gasteiger partial charge in [0.25, 0.3) is 0 Å². The van der Waals surface area contributed by atoms with Gasteiger partial charge in [0.2, 0.25) is 0 Å². The van der Waals surface area contributed by atoms with Crippen LogP contribution in [0, 0.1) is 6.92 Å². The van der Waals surface area contributed by atoms with Crippen molar-refractivity contribution >= 4 is 11.9 Å². The van der Waals surface area contributed by atoms with Crippen LogP contribution < -0.4 is 59.1 Å². The second-order valence-electron chi connectivity index (χ2n) is 3.12. The molecule has 0 fully saturated rings. The van der Waals surface area contributed by atoms with Gasteiger partial charge >= 0.3 is 71.1 Å². The van der Waals surface area contributed by atoms with Gasteiger partial charge in [0.05, 0.1) is 12.0 Å². The first-order valence-corrected chi connectivity index (χ1v) is 4.03. The van der Waals surface area contributed by atoms with E-state index in [1.165, 1.54) is 4.57 Å². The molecule has 0 aromatic carbocycles. The smallest absolute Gasteiger partial charge is 1.00 e. The van der Waals surface area contributed by atoms with E-state index in [1.54, 1.807) is 20.2 Å². The van der Waals surface area contributed by atoms with Crippen LogP contribution in [0.3, 0.4) is 0 Å². The molecule has 16 heavy (non-hydrogen) atoms. The summed E-state index contributed by atoms with van der Waals surface area (Å²) in [6.45, 7) is 1.65. The summed E-state index contributed by atoms with van der Waals surface area (Å²) in [5.74, 6) is -2.12. The van der Waals surface area contributed by atoms with Crippen molar-refractivity contribution in [2.24, 2.45) is 7.05 Å². The van der Waals surface area contributed by atoms with Gasteiger partial charge in [0, 0.05) is 18.9 Å². The fourth-order valence-electron chi connectivity index (χ4n) is 1.49. The molecule has 2 N–H and O–H groups in total. The van der Waals surface area contributed by atoms with Crippen LogP contribution in [0.2, 0.25) is 0 Å². The van der Waals surface area contributed by atoms with Gasteiger partial charge in [0.1, 0.15) is 0 Å². The third kappa shape index (κ3) is 4.24. The molecule has 0 saturated heterocycles. The van der Waals surface area contributed by atoms with Gasteiger partial charge in [-0.2, -0.15) is 0 Å². The van der Waals surface area contributed by atoms with Crippen molar-refractivity contribution in [1.82, 2.24) is 4.57 Å². The summed E-state index contributed by atoms with van der Waals surface area (Å²) in [5, 5.41) is 17.5. The Morgan fingerprint density at radius 2 is 1.88 bits per heavy atom. The van der Waals surface area contributed by atoms with Gasteiger partial charge in [-0.3, -0.25) is 4.79 Å². The number of hydrogen-bond donors (Lipinski definition) is 2. The molecule has 5 nitrogen and oxygen atoms in total. The van der Waals surface area contributed by atoms with E-state index < -0.39 is 11.9 Å². The molecule has 0 saturated carbocycles. The molecule has 0 bridgehead atoms. The Kier molecular flexibility index (Phi) is 8.74. The predicted molar refractivity (Wildman–Crippen MR) is 50.7 cm³/mol. The molecule has 0 amide bonds. The van der Waals surface area contributed by atoms with Crippen LogP contribution in [0.5, 0.6) is 0 Å². The van der Waals surface area contributed by atoms with Crippen molar-refractivity contribution in [3.63, 3.8) is 0 Å². The first kappa shape index (κ1) is 18.6. The van der Waals surface area contributed by atoms with E-state index >= 15 is 0 Å². The number of aromatic carboxylic acids is 1. The average Bonchev–Trinajstić information content (AvgIpc) is 2.25. The fraction of sp³-hybridized carbons (Fsp3) is 0.333. The Bertz CT molecular complexity index is 410. The van der Waals surface area contributed by atoms with Crippen molar-refractivity contribution in [3.05, 3.63) is 23.0 Å². The van der Waals surface area contributed by atoms with Crippen LogP contribution in [0.15, 0.2) is 6.20 Å². The predicted octanol–water partition coefficient (Wildman–Crippen LogP) is -5.11. The Morgan fingerprint density at radius 3 is 2.25 bits per heavy atom. The van der Waals surface area contributed by atoms with Crippen LogP contribution in [-0.2, 0) is 18.3 Å². The van der Waals surface area contributed by atoms with Crippen molar-refractivity contribution in [2.45, 2.75) is 13.3 Å². The first-order chi connectivity index (χ1) is 6.43. The summed E-state index contributed by atoms with van der Waals surface area (Å²) < 4.78 is 1.53. The minimum Gasteiger partial charge on any atom is -1.00 e. The Morgan fingerprint density at radius 1 is 1.38 bits per heavy atom. The largest absolute Gasteiger partial charge is 1.00 e. The summed E-state index contributed by atoms with van der Waals surface area (Å²) in [7, 11) is 1.64. The van der Waals surface area contributed by atoms with Crippen molar-refractivity contribution < 1.29 is 81.8 Å². The van der Waals surface area contributed by atoms with Gasteiger partial charge in [-0.15, -0.1) is 0 Å². The summed E-state index contributed by atoms with van der Waals surface area (Å²) in [6, 6.07) is 0. The van der Waals surface area contributed by atoms with Crippen molar-refractivity contribution in [2.75, 3.05) is 0 Å². The van der Waals surface area contributed by atoms with Crippen LogP contribution in [0.25, 0.3) is 0 Å². The molecular formula is C9H13NNa2O4. The Hall–Kier alpha value is 0.220. The number of carboxylic acid groups (broad SMARTS) is 2. The van der Waals surface area contributed by atoms with Gasteiger partial charge in [-0.05, 0) is 12.5 Å². The summed E-state index contributed by atoms with van der Waals surface area (Å²) in [5.41, 5.74) is 0.994. The molecule has 7 heteroatoms. The monoisotopic (exact) mass is 245 g/mol. The third-order valence-electron chi connectivity index (χ3n) is 2.03. The van der Waals surface area contributed by atoms with Crippen LogP contribution in [0.4, 0.5) is 0 Å². The second kappa shape index (κ2) is 7.53. The number of aryl methyl sites for hydroxylation is 2. The molecule has 0 atom stereocenters. The van der Waals surface area contributed by atoms with Gasteiger partial charge < -0.3 is 17.6 Å².